The van der Waals surface area contributed by atoms with Gasteiger partial charge in [0.05, 0.1) is 19.9 Å². The van der Waals surface area contributed by atoms with E-state index in [4.69, 9.17) is 25.3 Å². The van der Waals surface area contributed by atoms with Gasteiger partial charge in [-0.3, -0.25) is 4.79 Å². The van der Waals surface area contributed by atoms with Crippen LogP contribution < -0.4 is 19.1 Å². The smallest absolute Gasteiger partial charge is 0.339 e. The molecule has 3 rings (SSSR count). The first kappa shape index (κ1) is 25.5. The topological polar surface area (TPSA) is 103 Å². The Balaban J connectivity index is 1.79. The van der Waals surface area contributed by atoms with Crippen LogP contribution in [0.1, 0.15) is 22.8 Å². The van der Waals surface area contributed by atoms with Crippen LogP contribution in [0.15, 0.2) is 75.1 Å². The standard InChI is InChI=1S/C23H20BrClN2O6S/c1-3-32-22-13-15(4-10-21(22)31-2)23(28)27-26-14-16-12-17(24)5-11-20(16)33-34(29,30)19-8-6-18(25)7-9-19/h4-14H,3H2,1-2H3,(H,27,28)/b26-14+. The van der Waals surface area contributed by atoms with Crippen LogP contribution >= 0.6 is 27.5 Å². The van der Waals surface area contributed by atoms with E-state index < -0.39 is 16.0 Å². The Morgan fingerprint density at radius 2 is 1.76 bits per heavy atom. The third kappa shape index (κ3) is 6.49. The van der Waals surface area contributed by atoms with Crippen LogP contribution in [0.25, 0.3) is 0 Å². The number of nitrogens with zero attached hydrogens (tertiary/aromatic N) is 1. The summed E-state index contributed by atoms with van der Waals surface area (Å²) in [6.07, 6.45) is 1.28. The average Bonchev–Trinajstić information content (AvgIpc) is 2.81. The molecule has 0 unspecified atom stereocenters. The Labute approximate surface area is 210 Å². The Morgan fingerprint density at radius 1 is 1.06 bits per heavy atom. The summed E-state index contributed by atoms with van der Waals surface area (Å²) >= 11 is 9.15. The summed E-state index contributed by atoms with van der Waals surface area (Å²) in [6.45, 7) is 2.23. The predicted octanol–water partition coefficient (Wildman–Crippen LogP) is 5.04. The summed E-state index contributed by atoms with van der Waals surface area (Å²) in [7, 11) is -2.61. The molecule has 0 saturated heterocycles. The molecule has 0 aromatic heterocycles. The maximum atomic E-state index is 12.6. The Hall–Kier alpha value is -3.08. The van der Waals surface area contributed by atoms with E-state index >= 15 is 0 Å². The molecule has 0 aliphatic carbocycles. The molecule has 0 radical (unpaired) electrons. The van der Waals surface area contributed by atoms with Crippen molar-refractivity contribution in [2.75, 3.05) is 13.7 Å². The van der Waals surface area contributed by atoms with Gasteiger partial charge in [0, 0.05) is 20.6 Å². The summed E-state index contributed by atoms with van der Waals surface area (Å²) in [5.74, 6) is 0.460. The van der Waals surface area contributed by atoms with Crippen LogP contribution in [0.5, 0.6) is 17.2 Å². The Kier molecular flexibility index (Phi) is 8.54. The number of rotatable bonds is 9. The molecule has 0 saturated carbocycles. The zero-order valence-corrected chi connectivity index (χ0v) is 21.3. The van der Waals surface area contributed by atoms with Gasteiger partial charge in [0.25, 0.3) is 5.91 Å². The summed E-state index contributed by atoms with van der Waals surface area (Å²) in [5, 5.41) is 4.34. The highest BCUT2D eigenvalue weighted by Crippen LogP contribution is 2.28. The fraction of sp³-hybridized carbons (Fsp3) is 0.130. The minimum absolute atomic E-state index is 0.0271. The number of hydrogen-bond donors (Lipinski definition) is 1. The minimum atomic E-state index is -4.12. The number of hydrazone groups is 1. The second kappa shape index (κ2) is 11.4. The Morgan fingerprint density at radius 3 is 2.44 bits per heavy atom. The zero-order valence-electron chi connectivity index (χ0n) is 18.1. The van der Waals surface area contributed by atoms with E-state index in [1.54, 1.807) is 30.3 Å². The normalized spacial score (nSPS) is 11.3. The molecule has 0 atom stereocenters. The lowest BCUT2D eigenvalue weighted by molar-refractivity contribution is 0.0954. The molecule has 0 fully saturated rings. The molecule has 3 aromatic carbocycles. The van der Waals surface area contributed by atoms with E-state index in [-0.39, 0.29) is 10.6 Å². The van der Waals surface area contributed by atoms with E-state index in [0.29, 0.717) is 38.7 Å². The maximum Gasteiger partial charge on any atom is 0.339 e. The number of carbonyl (C=O) groups is 1. The molecule has 11 heteroatoms. The maximum absolute atomic E-state index is 12.6. The first-order valence-electron chi connectivity index (χ1n) is 9.87. The fourth-order valence-corrected chi connectivity index (χ4v) is 4.23. The van der Waals surface area contributed by atoms with Gasteiger partial charge in [-0.2, -0.15) is 13.5 Å². The SMILES string of the molecule is CCOc1cc(C(=O)N/N=C/c2cc(Br)ccc2OS(=O)(=O)c2ccc(Cl)cc2)ccc1OC. The van der Waals surface area contributed by atoms with E-state index in [1.165, 1.54) is 43.7 Å². The Bertz CT molecular complexity index is 1310. The van der Waals surface area contributed by atoms with Gasteiger partial charge < -0.3 is 13.7 Å². The first-order chi connectivity index (χ1) is 16.2. The van der Waals surface area contributed by atoms with Gasteiger partial charge in [0.1, 0.15) is 4.90 Å². The second-order valence-electron chi connectivity index (χ2n) is 6.67. The van der Waals surface area contributed by atoms with Gasteiger partial charge in [0.15, 0.2) is 17.2 Å². The van der Waals surface area contributed by atoms with Crippen LogP contribution in [0.4, 0.5) is 0 Å². The fourth-order valence-electron chi connectivity index (χ4n) is 2.77. The average molecular weight is 568 g/mol. The van der Waals surface area contributed by atoms with Crippen LogP contribution in [-0.2, 0) is 10.1 Å². The zero-order chi connectivity index (χ0) is 24.7. The van der Waals surface area contributed by atoms with Crippen molar-refractivity contribution in [3.8, 4) is 17.2 Å². The van der Waals surface area contributed by atoms with E-state index in [9.17, 15) is 13.2 Å². The van der Waals surface area contributed by atoms with Gasteiger partial charge in [-0.15, -0.1) is 0 Å². The molecule has 0 spiro atoms. The minimum Gasteiger partial charge on any atom is -0.493 e. The van der Waals surface area contributed by atoms with Gasteiger partial charge in [0.2, 0.25) is 0 Å². The number of hydrogen-bond acceptors (Lipinski definition) is 7. The second-order valence-corrected chi connectivity index (χ2v) is 9.57. The number of benzene rings is 3. The van der Waals surface area contributed by atoms with Gasteiger partial charge in [-0.1, -0.05) is 27.5 Å². The van der Waals surface area contributed by atoms with Crippen LogP contribution in [0.2, 0.25) is 5.02 Å². The number of carbonyl (C=O) groups excluding carboxylic acids is 1. The number of methoxy groups -OCH3 is 1. The van der Waals surface area contributed by atoms with Crippen molar-refractivity contribution in [1.29, 1.82) is 0 Å². The monoisotopic (exact) mass is 566 g/mol. The predicted molar refractivity (Wildman–Crippen MR) is 133 cm³/mol. The third-order valence-electron chi connectivity index (χ3n) is 4.37. The number of ether oxygens (including phenoxy) is 2. The highest BCUT2D eigenvalue weighted by Gasteiger charge is 2.18. The molecule has 34 heavy (non-hydrogen) atoms. The molecular formula is C23H20BrClN2O6S. The summed E-state index contributed by atoms with van der Waals surface area (Å²) < 4.78 is 41.9. The number of halogens is 2. The molecule has 0 aliphatic heterocycles. The van der Waals surface area contributed by atoms with E-state index in [1.807, 2.05) is 6.92 Å². The van der Waals surface area contributed by atoms with Crippen molar-refractivity contribution >= 4 is 49.8 Å². The van der Waals surface area contributed by atoms with Gasteiger partial charge in [-0.05, 0) is 67.6 Å². The highest BCUT2D eigenvalue weighted by atomic mass is 79.9. The molecular weight excluding hydrogens is 548 g/mol. The van der Waals surface area contributed by atoms with Crippen molar-refractivity contribution in [3.63, 3.8) is 0 Å². The van der Waals surface area contributed by atoms with Crippen molar-refractivity contribution in [2.45, 2.75) is 11.8 Å². The summed E-state index contributed by atoms with van der Waals surface area (Å²) in [6, 6.07) is 15.0. The van der Waals surface area contributed by atoms with Crippen molar-refractivity contribution in [2.24, 2.45) is 5.10 Å². The van der Waals surface area contributed by atoms with E-state index in [2.05, 4.69) is 26.5 Å². The van der Waals surface area contributed by atoms with Crippen molar-refractivity contribution < 1.29 is 26.9 Å². The third-order valence-corrected chi connectivity index (χ3v) is 6.36. The van der Waals surface area contributed by atoms with Crippen molar-refractivity contribution in [3.05, 3.63) is 81.3 Å². The van der Waals surface area contributed by atoms with Crippen LogP contribution in [-0.4, -0.2) is 34.3 Å². The molecule has 0 aliphatic rings. The molecule has 1 amide bonds. The molecule has 0 heterocycles. The molecule has 0 bridgehead atoms. The first-order valence-corrected chi connectivity index (χ1v) is 12.4. The van der Waals surface area contributed by atoms with Gasteiger partial charge in [-0.25, -0.2) is 5.43 Å². The molecule has 1 N–H and O–H groups in total. The highest BCUT2D eigenvalue weighted by molar-refractivity contribution is 9.10. The van der Waals surface area contributed by atoms with Crippen LogP contribution in [0.3, 0.4) is 0 Å². The summed E-state index contributed by atoms with van der Waals surface area (Å²) in [5.41, 5.74) is 3.02. The summed E-state index contributed by atoms with van der Waals surface area (Å²) in [4.78, 5) is 12.5. The molecule has 8 nitrogen and oxygen atoms in total. The number of nitrogens with one attached hydrogen (secondary N) is 1. The molecule has 178 valence electrons. The lowest BCUT2D eigenvalue weighted by Crippen LogP contribution is -2.18. The lowest BCUT2D eigenvalue weighted by Gasteiger charge is -2.11. The van der Waals surface area contributed by atoms with E-state index in [0.717, 1.165) is 0 Å². The van der Waals surface area contributed by atoms with Crippen molar-refractivity contribution in [1.82, 2.24) is 5.43 Å². The lowest BCUT2D eigenvalue weighted by atomic mass is 10.2. The quantitative estimate of drug-likeness (QED) is 0.221. The molecule has 3 aromatic rings. The number of amides is 1. The van der Waals surface area contributed by atoms with Crippen LogP contribution in [0, 0.1) is 0 Å². The van der Waals surface area contributed by atoms with Gasteiger partial charge >= 0.3 is 10.1 Å². The largest absolute Gasteiger partial charge is 0.493 e.